The third-order valence-corrected chi connectivity index (χ3v) is 4.13. The number of carbonyl (C=O) groups is 1. The summed E-state index contributed by atoms with van der Waals surface area (Å²) in [5, 5.41) is 11.5. The second-order valence-electron chi connectivity index (χ2n) is 4.81. The van der Waals surface area contributed by atoms with Crippen molar-refractivity contribution in [1.82, 2.24) is 5.32 Å². The molecule has 0 aliphatic carbocycles. The van der Waals surface area contributed by atoms with Crippen LogP contribution in [0.4, 0.5) is 5.69 Å². The Morgan fingerprint density at radius 3 is 2.38 bits per heavy atom. The van der Waals surface area contributed by atoms with Crippen LogP contribution in [0, 0.1) is 11.3 Å². The molecule has 1 aromatic rings. The highest BCUT2D eigenvalue weighted by atomic mass is 32.2. The quantitative estimate of drug-likeness (QED) is 0.856. The number of benzene rings is 1. The molecule has 1 atom stereocenters. The zero-order chi connectivity index (χ0) is 16.0. The number of nitrogens with one attached hydrogen (secondary N) is 1. The van der Waals surface area contributed by atoms with Crippen LogP contribution in [0.3, 0.4) is 0 Å². The third-order valence-electron chi connectivity index (χ3n) is 2.99. The van der Waals surface area contributed by atoms with E-state index < -0.39 is 10.0 Å². The molecule has 1 N–H and O–H groups in total. The maximum Gasteiger partial charge on any atom is 0.240 e. The molecule has 0 saturated heterocycles. The van der Waals surface area contributed by atoms with E-state index in [1.165, 1.54) is 24.3 Å². The Kier molecular flexibility index (Phi) is 5.73. The summed E-state index contributed by atoms with van der Waals surface area (Å²) < 4.78 is 24.7. The van der Waals surface area contributed by atoms with Gasteiger partial charge in [-0.25, -0.2) is 8.42 Å². The molecule has 0 aliphatic rings. The molecule has 1 amide bonds. The first kappa shape index (κ1) is 17.0. The molecule has 0 aliphatic heterocycles. The van der Waals surface area contributed by atoms with E-state index in [0.29, 0.717) is 11.3 Å². The molecular formula is C14H19N3O3S. The lowest BCUT2D eigenvalue weighted by molar-refractivity contribution is -0.120. The molecule has 114 valence electrons. The number of anilines is 1. The Bertz CT molecular complexity index is 632. The topological polar surface area (TPSA) is 90.3 Å². The summed E-state index contributed by atoms with van der Waals surface area (Å²) in [5.41, 5.74) is 0.784. The molecule has 0 aromatic heterocycles. The normalized spacial score (nSPS) is 12.3. The van der Waals surface area contributed by atoms with E-state index in [1.54, 1.807) is 0 Å². The Balaban J connectivity index is 2.97. The molecule has 0 radical (unpaired) electrons. The second-order valence-corrected chi connectivity index (χ2v) is 6.71. The van der Waals surface area contributed by atoms with Crippen LogP contribution in [-0.4, -0.2) is 33.2 Å². The monoisotopic (exact) mass is 309 g/mol. The Labute approximate surface area is 125 Å². The van der Waals surface area contributed by atoms with Gasteiger partial charge in [0.25, 0.3) is 0 Å². The molecule has 0 saturated carbocycles. The summed E-state index contributed by atoms with van der Waals surface area (Å²) >= 11 is 0. The summed E-state index contributed by atoms with van der Waals surface area (Å²) in [6, 6.07) is 7.99. The number of amides is 1. The van der Waals surface area contributed by atoms with Gasteiger partial charge in [0.1, 0.15) is 6.54 Å². The summed E-state index contributed by atoms with van der Waals surface area (Å²) in [4.78, 5) is 11.9. The first-order chi connectivity index (χ1) is 9.77. The van der Waals surface area contributed by atoms with E-state index in [4.69, 9.17) is 5.26 Å². The van der Waals surface area contributed by atoms with E-state index in [0.717, 1.165) is 17.0 Å². The summed E-state index contributed by atoms with van der Waals surface area (Å²) in [6.07, 6.45) is 1.81. The van der Waals surface area contributed by atoms with Crippen molar-refractivity contribution in [3.63, 3.8) is 0 Å². The molecule has 1 rings (SSSR count). The zero-order valence-corrected chi connectivity index (χ0v) is 13.1. The van der Waals surface area contributed by atoms with Crippen LogP contribution in [0.15, 0.2) is 24.3 Å². The Morgan fingerprint density at radius 1 is 1.38 bits per heavy atom. The predicted molar refractivity (Wildman–Crippen MR) is 81.2 cm³/mol. The molecule has 1 unspecified atom stereocenters. The number of nitriles is 1. The highest BCUT2D eigenvalue weighted by Crippen LogP contribution is 2.17. The van der Waals surface area contributed by atoms with Gasteiger partial charge in [0.05, 0.1) is 23.6 Å². The average molecular weight is 309 g/mol. The van der Waals surface area contributed by atoms with Crippen molar-refractivity contribution in [3.8, 4) is 6.07 Å². The minimum absolute atomic E-state index is 0.0140. The third kappa shape index (κ3) is 5.08. The molecule has 0 heterocycles. The van der Waals surface area contributed by atoms with Crippen molar-refractivity contribution in [2.45, 2.75) is 26.3 Å². The summed E-state index contributed by atoms with van der Waals surface area (Å²) in [5.74, 6) is -0.362. The van der Waals surface area contributed by atoms with Crippen molar-refractivity contribution in [2.24, 2.45) is 0 Å². The molecule has 7 heteroatoms. The van der Waals surface area contributed by atoms with Crippen LogP contribution < -0.4 is 9.62 Å². The molecule has 21 heavy (non-hydrogen) atoms. The van der Waals surface area contributed by atoms with E-state index >= 15 is 0 Å². The van der Waals surface area contributed by atoms with Crippen molar-refractivity contribution >= 4 is 21.6 Å². The average Bonchev–Trinajstić information content (AvgIpc) is 2.43. The maximum atomic E-state index is 11.9. The molecule has 6 nitrogen and oxygen atoms in total. The van der Waals surface area contributed by atoms with Gasteiger partial charge < -0.3 is 5.32 Å². The minimum Gasteiger partial charge on any atom is -0.352 e. The first-order valence-electron chi connectivity index (χ1n) is 6.55. The van der Waals surface area contributed by atoms with Crippen molar-refractivity contribution in [1.29, 1.82) is 5.26 Å². The molecule has 0 spiro atoms. The molecule has 0 bridgehead atoms. The number of hydrogen-bond acceptors (Lipinski definition) is 4. The van der Waals surface area contributed by atoms with Gasteiger partial charge in [-0.2, -0.15) is 5.26 Å². The van der Waals surface area contributed by atoms with Gasteiger partial charge in [-0.15, -0.1) is 0 Å². The van der Waals surface area contributed by atoms with Gasteiger partial charge in [0, 0.05) is 6.04 Å². The van der Waals surface area contributed by atoms with Crippen molar-refractivity contribution in [3.05, 3.63) is 29.8 Å². The van der Waals surface area contributed by atoms with Crippen LogP contribution >= 0.6 is 0 Å². The summed E-state index contributed by atoms with van der Waals surface area (Å²) in [6.45, 7) is 3.50. The highest BCUT2D eigenvalue weighted by Gasteiger charge is 2.21. The lowest BCUT2D eigenvalue weighted by Gasteiger charge is -2.23. The number of nitrogens with zero attached hydrogens (tertiary/aromatic N) is 2. The Hall–Kier alpha value is -2.07. The zero-order valence-electron chi connectivity index (χ0n) is 12.3. The molecule has 1 aromatic carbocycles. The predicted octanol–water partition coefficient (Wildman–Crippen LogP) is 1.24. The van der Waals surface area contributed by atoms with Gasteiger partial charge in [-0.3, -0.25) is 9.10 Å². The van der Waals surface area contributed by atoms with Gasteiger partial charge >= 0.3 is 0 Å². The van der Waals surface area contributed by atoms with Gasteiger partial charge in [-0.1, -0.05) is 6.92 Å². The second kappa shape index (κ2) is 7.09. The standard InChI is InChI=1S/C14H19N3O3S/c1-4-11(2)16-14(18)10-17(21(3,19)20)13-7-5-12(9-15)6-8-13/h5-8,11H,4,10H2,1-3H3,(H,16,18). The van der Waals surface area contributed by atoms with Crippen LogP contribution in [0.1, 0.15) is 25.8 Å². The maximum absolute atomic E-state index is 11.9. The molecular weight excluding hydrogens is 290 g/mol. The smallest absolute Gasteiger partial charge is 0.240 e. The number of carbonyl (C=O) groups excluding carboxylic acids is 1. The van der Waals surface area contributed by atoms with Crippen molar-refractivity contribution < 1.29 is 13.2 Å². The van der Waals surface area contributed by atoms with Crippen molar-refractivity contribution in [2.75, 3.05) is 17.1 Å². The van der Waals surface area contributed by atoms with E-state index in [1.807, 2.05) is 19.9 Å². The van der Waals surface area contributed by atoms with Crippen LogP contribution in [-0.2, 0) is 14.8 Å². The lowest BCUT2D eigenvalue weighted by Crippen LogP contribution is -2.43. The first-order valence-corrected chi connectivity index (χ1v) is 8.40. The van der Waals surface area contributed by atoms with Crippen LogP contribution in [0.5, 0.6) is 0 Å². The minimum atomic E-state index is -3.59. The van der Waals surface area contributed by atoms with Gasteiger partial charge in [0.15, 0.2) is 0 Å². The van der Waals surface area contributed by atoms with Crippen LogP contribution in [0.2, 0.25) is 0 Å². The number of sulfonamides is 1. The van der Waals surface area contributed by atoms with Gasteiger partial charge in [-0.05, 0) is 37.6 Å². The fourth-order valence-electron chi connectivity index (χ4n) is 1.66. The number of hydrogen-bond donors (Lipinski definition) is 1. The molecule has 0 fully saturated rings. The summed E-state index contributed by atoms with van der Waals surface area (Å²) in [7, 11) is -3.59. The largest absolute Gasteiger partial charge is 0.352 e. The van der Waals surface area contributed by atoms with E-state index in [2.05, 4.69) is 5.32 Å². The highest BCUT2D eigenvalue weighted by molar-refractivity contribution is 7.92. The van der Waals surface area contributed by atoms with E-state index in [9.17, 15) is 13.2 Å². The fraction of sp³-hybridized carbons (Fsp3) is 0.429. The SMILES string of the molecule is CCC(C)NC(=O)CN(c1ccc(C#N)cc1)S(C)(=O)=O. The number of rotatable bonds is 6. The van der Waals surface area contributed by atoms with Crippen LogP contribution in [0.25, 0.3) is 0 Å². The fourth-order valence-corrected chi connectivity index (χ4v) is 2.51. The van der Waals surface area contributed by atoms with Gasteiger partial charge in [0.2, 0.25) is 15.9 Å². The lowest BCUT2D eigenvalue weighted by atomic mass is 10.2. The Morgan fingerprint density at radius 2 is 1.95 bits per heavy atom. The van der Waals surface area contributed by atoms with E-state index in [-0.39, 0.29) is 18.5 Å².